The molecule has 69 valence electrons. The molecule has 0 aromatic rings. The Morgan fingerprint density at radius 3 is 2.25 bits per heavy atom. The summed E-state index contributed by atoms with van der Waals surface area (Å²) in [4.78, 5) is 10.9. The van der Waals surface area contributed by atoms with Crippen LogP contribution in [0.3, 0.4) is 0 Å². The van der Waals surface area contributed by atoms with Crippen molar-refractivity contribution >= 4 is 5.97 Å². The summed E-state index contributed by atoms with van der Waals surface area (Å²) in [7, 11) is 0. The van der Waals surface area contributed by atoms with Crippen LogP contribution in [0.25, 0.3) is 0 Å². The molecule has 1 radical (unpaired) electrons. The molecule has 0 spiro atoms. The lowest BCUT2D eigenvalue weighted by atomic mass is 9.94. The number of carbonyl (C=O) groups excluding carboxylic acids is 1. The van der Waals surface area contributed by atoms with E-state index >= 15 is 0 Å². The van der Waals surface area contributed by atoms with Gasteiger partial charge in [0.2, 0.25) is 0 Å². The number of carbonyl (C=O) groups is 1. The van der Waals surface area contributed by atoms with E-state index in [2.05, 4.69) is 13.5 Å². The molecule has 0 rings (SSSR count). The van der Waals surface area contributed by atoms with Gasteiger partial charge in [-0.15, -0.1) is 0 Å². The highest BCUT2D eigenvalue weighted by Crippen LogP contribution is 2.24. The van der Waals surface area contributed by atoms with Crippen molar-refractivity contribution in [3.05, 3.63) is 19.6 Å². The topological polar surface area (TPSA) is 26.3 Å². The molecule has 0 bridgehead atoms. The lowest BCUT2D eigenvalue weighted by Gasteiger charge is -2.29. The van der Waals surface area contributed by atoms with Gasteiger partial charge < -0.3 is 4.74 Å². The Bertz CT molecular complexity index is 149. The molecule has 0 aromatic carbocycles. The number of hydrogen-bond donors (Lipinski definition) is 0. The Morgan fingerprint density at radius 1 is 1.50 bits per heavy atom. The molecule has 0 heterocycles. The van der Waals surface area contributed by atoms with Crippen LogP contribution >= 0.6 is 0 Å². The van der Waals surface area contributed by atoms with Crippen molar-refractivity contribution in [1.82, 2.24) is 0 Å². The Kier molecular flexibility index (Phi) is 4.64. The Labute approximate surface area is 74.6 Å². The first-order valence-corrected chi connectivity index (χ1v) is 4.28. The molecule has 0 aliphatic heterocycles. The summed E-state index contributed by atoms with van der Waals surface area (Å²) in [6.45, 7) is 11.1. The van der Waals surface area contributed by atoms with Crippen molar-refractivity contribution in [3.8, 4) is 0 Å². The first-order chi connectivity index (χ1) is 5.64. The molecular formula is C10H17O2. The van der Waals surface area contributed by atoms with Crippen LogP contribution in [0.1, 0.15) is 33.1 Å². The summed E-state index contributed by atoms with van der Waals surface area (Å²) >= 11 is 0. The average molecular weight is 169 g/mol. The summed E-state index contributed by atoms with van der Waals surface area (Å²) in [6, 6.07) is 0. The van der Waals surface area contributed by atoms with Crippen molar-refractivity contribution in [3.63, 3.8) is 0 Å². The van der Waals surface area contributed by atoms with Gasteiger partial charge in [0.05, 0.1) is 0 Å². The molecule has 12 heavy (non-hydrogen) atoms. The lowest BCUT2D eigenvalue weighted by Crippen LogP contribution is -2.32. The summed E-state index contributed by atoms with van der Waals surface area (Å²) < 4.78 is 5.22. The van der Waals surface area contributed by atoms with Crippen molar-refractivity contribution in [2.45, 2.75) is 38.7 Å². The normalized spacial score (nSPS) is 10.9. The van der Waals surface area contributed by atoms with E-state index in [-0.39, 0.29) is 11.6 Å². The molecule has 2 nitrogen and oxygen atoms in total. The molecule has 0 N–H and O–H groups in total. The molecule has 2 heteroatoms. The second-order valence-electron chi connectivity index (χ2n) is 2.77. The summed E-state index contributed by atoms with van der Waals surface area (Å²) in [5.74, 6) is -0.359. The van der Waals surface area contributed by atoms with Gasteiger partial charge in [-0.3, -0.25) is 0 Å². The lowest BCUT2D eigenvalue weighted by molar-refractivity contribution is -0.154. The predicted molar refractivity (Wildman–Crippen MR) is 49.6 cm³/mol. The van der Waals surface area contributed by atoms with Gasteiger partial charge in [-0.2, -0.15) is 0 Å². The molecule has 0 unspecified atom stereocenters. The molecule has 0 atom stereocenters. The van der Waals surface area contributed by atoms with Crippen LogP contribution in [0.4, 0.5) is 0 Å². The van der Waals surface area contributed by atoms with Crippen molar-refractivity contribution in [2.75, 3.05) is 0 Å². The fraction of sp³-hybridized carbons (Fsp3) is 0.600. The molecule has 0 aliphatic carbocycles. The zero-order chi connectivity index (χ0) is 9.61. The molecule has 0 aromatic heterocycles. The van der Waals surface area contributed by atoms with Crippen LogP contribution in [-0.4, -0.2) is 11.6 Å². The molecule has 0 saturated heterocycles. The number of rotatable bonds is 5. The standard InChI is InChI=1S/C10H17O2/c1-5-9(11)12-10(6-2,7-3)8-4/h5H,1-2,6-8H2,3-4H3. The highest BCUT2D eigenvalue weighted by molar-refractivity contribution is 5.81. The third kappa shape index (κ3) is 2.68. The first kappa shape index (κ1) is 11.2. The van der Waals surface area contributed by atoms with E-state index in [9.17, 15) is 4.79 Å². The third-order valence-electron chi connectivity index (χ3n) is 2.23. The maximum Gasteiger partial charge on any atom is 0.330 e. The van der Waals surface area contributed by atoms with Gasteiger partial charge in [-0.05, 0) is 26.2 Å². The van der Waals surface area contributed by atoms with Gasteiger partial charge in [0.1, 0.15) is 5.60 Å². The third-order valence-corrected chi connectivity index (χ3v) is 2.23. The van der Waals surface area contributed by atoms with Gasteiger partial charge in [-0.25, -0.2) is 4.79 Å². The van der Waals surface area contributed by atoms with Crippen LogP contribution < -0.4 is 0 Å². The molecule has 0 fully saturated rings. The second kappa shape index (κ2) is 4.96. The van der Waals surface area contributed by atoms with E-state index in [1.54, 1.807) is 0 Å². The van der Waals surface area contributed by atoms with Crippen molar-refractivity contribution in [2.24, 2.45) is 0 Å². The Balaban J connectivity index is 4.29. The monoisotopic (exact) mass is 169 g/mol. The smallest absolute Gasteiger partial charge is 0.330 e. The molecule has 0 amide bonds. The molecular weight excluding hydrogens is 152 g/mol. The average Bonchev–Trinajstić information content (AvgIpc) is 2.14. The summed E-state index contributed by atoms with van der Waals surface area (Å²) in [6.07, 6.45) is 3.40. The highest BCUT2D eigenvalue weighted by Gasteiger charge is 2.27. The minimum atomic E-state index is -0.384. The Hall–Kier alpha value is -0.790. The predicted octanol–water partition coefficient (Wildman–Crippen LogP) is 2.50. The minimum absolute atomic E-state index is 0.359. The van der Waals surface area contributed by atoms with E-state index < -0.39 is 0 Å². The van der Waals surface area contributed by atoms with Gasteiger partial charge in [-0.1, -0.05) is 20.4 Å². The quantitative estimate of drug-likeness (QED) is 0.467. The molecule has 0 saturated carbocycles. The SMILES string of the molecule is [CH2]CC(CC)(CC)OC(=O)C=C. The number of esters is 1. The van der Waals surface area contributed by atoms with Gasteiger partial charge in [0, 0.05) is 6.08 Å². The Morgan fingerprint density at radius 2 is 2.00 bits per heavy atom. The highest BCUT2D eigenvalue weighted by atomic mass is 16.6. The van der Waals surface area contributed by atoms with E-state index in [0.29, 0.717) is 6.42 Å². The van der Waals surface area contributed by atoms with E-state index in [4.69, 9.17) is 4.74 Å². The summed E-state index contributed by atoms with van der Waals surface area (Å²) in [5, 5.41) is 0. The minimum Gasteiger partial charge on any atom is -0.456 e. The maximum atomic E-state index is 10.9. The number of ether oxygens (including phenoxy) is 1. The van der Waals surface area contributed by atoms with Gasteiger partial charge in [0.15, 0.2) is 0 Å². The van der Waals surface area contributed by atoms with Gasteiger partial charge in [0.25, 0.3) is 0 Å². The van der Waals surface area contributed by atoms with Crippen LogP contribution in [0, 0.1) is 6.92 Å². The van der Waals surface area contributed by atoms with Gasteiger partial charge >= 0.3 is 5.97 Å². The maximum absolute atomic E-state index is 10.9. The van der Waals surface area contributed by atoms with Crippen LogP contribution in [-0.2, 0) is 9.53 Å². The number of hydrogen-bond acceptors (Lipinski definition) is 2. The van der Waals surface area contributed by atoms with E-state index in [0.717, 1.165) is 12.8 Å². The second-order valence-corrected chi connectivity index (χ2v) is 2.77. The van der Waals surface area contributed by atoms with Crippen LogP contribution in [0.2, 0.25) is 0 Å². The van der Waals surface area contributed by atoms with Crippen LogP contribution in [0.5, 0.6) is 0 Å². The zero-order valence-corrected chi connectivity index (χ0v) is 7.93. The zero-order valence-electron chi connectivity index (χ0n) is 7.93. The van der Waals surface area contributed by atoms with Crippen molar-refractivity contribution < 1.29 is 9.53 Å². The molecule has 0 aliphatic rings. The fourth-order valence-corrected chi connectivity index (χ4v) is 1.05. The fourth-order valence-electron chi connectivity index (χ4n) is 1.05. The van der Waals surface area contributed by atoms with E-state index in [1.165, 1.54) is 6.08 Å². The van der Waals surface area contributed by atoms with Crippen LogP contribution in [0.15, 0.2) is 12.7 Å². The summed E-state index contributed by atoms with van der Waals surface area (Å²) in [5.41, 5.74) is -0.384. The van der Waals surface area contributed by atoms with E-state index in [1.807, 2.05) is 13.8 Å². The largest absolute Gasteiger partial charge is 0.456 e. The first-order valence-electron chi connectivity index (χ1n) is 4.28. The van der Waals surface area contributed by atoms with Crippen molar-refractivity contribution in [1.29, 1.82) is 0 Å².